The average molecular weight is 169 g/mol. The first-order chi connectivity index (χ1) is 5.81. The van der Waals surface area contributed by atoms with Gasteiger partial charge in [-0.2, -0.15) is 0 Å². The molecular formula is C9H8LiNO2. The van der Waals surface area contributed by atoms with Gasteiger partial charge in [0.25, 0.3) is 0 Å². The van der Waals surface area contributed by atoms with Gasteiger partial charge in [0.05, 0.1) is 25.7 Å². The normalized spacial score (nSPS) is 8.08. The summed E-state index contributed by atoms with van der Waals surface area (Å²) < 4.78 is 9.95. The van der Waals surface area contributed by atoms with Gasteiger partial charge in [-0.3, -0.25) is 5.26 Å². The molecule has 1 aromatic rings. The largest absolute Gasteiger partial charge is 1.00 e. The Morgan fingerprint density at radius 2 is 1.92 bits per heavy atom. The molecule has 3 nitrogen and oxygen atoms in total. The minimum Gasteiger partial charge on any atom is -0.536 e. The van der Waals surface area contributed by atoms with Crippen molar-refractivity contribution in [3.63, 3.8) is 0 Å². The van der Waals surface area contributed by atoms with Gasteiger partial charge in [0.1, 0.15) is 0 Å². The van der Waals surface area contributed by atoms with Crippen LogP contribution in [0.2, 0.25) is 0 Å². The van der Waals surface area contributed by atoms with E-state index >= 15 is 0 Å². The molecule has 0 radical (unpaired) electrons. The number of methoxy groups -OCH3 is 2. The van der Waals surface area contributed by atoms with Crippen molar-refractivity contribution in [2.24, 2.45) is 0 Å². The van der Waals surface area contributed by atoms with E-state index < -0.39 is 0 Å². The predicted octanol–water partition coefficient (Wildman–Crippen LogP) is -1.62. The van der Waals surface area contributed by atoms with Gasteiger partial charge in [-0.15, -0.1) is 12.1 Å². The van der Waals surface area contributed by atoms with Crippen molar-refractivity contribution in [3.05, 3.63) is 23.8 Å². The van der Waals surface area contributed by atoms with Crippen LogP contribution in [-0.2, 0) is 0 Å². The van der Waals surface area contributed by atoms with E-state index in [2.05, 4.69) is 6.07 Å². The molecule has 4 heteroatoms. The molecule has 0 unspecified atom stereocenters. The van der Waals surface area contributed by atoms with Gasteiger partial charge in [0.15, 0.2) is 0 Å². The number of benzene rings is 1. The molecule has 0 aliphatic carbocycles. The van der Waals surface area contributed by atoms with E-state index in [1.807, 2.05) is 6.07 Å². The van der Waals surface area contributed by atoms with E-state index in [-0.39, 0.29) is 18.9 Å². The van der Waals surface area contributed by atoms with E-state index in [0.29, 0.717) is 17.1 Å². The second kappa shape index (κ2) is 5.54. The van der Waals surface area contributed by atoms with Crippen molar-refractivity contribution in [1.82, 2.24) is 0 Å². The standard InChI is InChI=1S/C9H8NO2.Li/c1-11-8-4-3-7(6-10)5-9(8)12-2;/h4-5H,1-2H3;/q-1;+1. The van der Waals surface area contributed by atoms with Crippen LogP contribution < -0.4 is 28.3 Å². The van der Waals surface area contributed by atoms with E-state index in [1.54, 1.807) is 12.1 Å². The second-order valence-corrected chi connectivity index (χ2v) is 2.10. The Hall–Kier alpha value is -1.09. The van der Waals surface area contributed by atoms with Crippen LogP contribution >= 0.6 is 0 Å². The van der Waals surface area contributed by atoms with Gasteiger partial charge in [-0.05, 0) is 6.07 Å². The fraction of sp³-hybridized carbons (Fsp3) is 0.222. The minimum atomic E-state index is 0. The van der Waals surface area contributed by atoms with E-state index in [9.17, 15) is 0 Å². The van der Waals surface area contributed by atoms with Crippen LogP contribution in [0.5, 0.6) is 11.5 Å². The molecule has 0 aliphatic heterocycles. The second-order valence-electron chi connectivity index (χ2n) is 2.10. The molecule has 1 aromatic carbocycles. The monoisotopic (exact) mass is 169 g/mol. The predicted molar refractivity (Wildman–Crippen MR) is 43.1 cm³/mol. The minimum absolute atomic E-state index is 0. The Kier molecular flexibility index (Phi) is 5.07. The fourth-order valence-corrected chi connectivity index (χ4v) is 0.842. The number of hydrogen-bond acceptors (Lipinski definition) is 3. The van der Waals surface area contributed by atoms with Crippen LogP contribution in [0.1, 0.15) is 5.56 Å². The average Bonchev–Trinajstić information content (AvgIpc) is 2.16. The van der Waals surface area contributed by atoms with Crippen LogP contribution in [0.15, 0.2) is 12.1 Å². The number of ether oxygens (including phenoxy) is 2. The number of hydrogen-bond donors (Lipinski definition) is 0. The summed E-state index contributed by atoms with van der Waals surface area (Å²) >= 11 is 0. The maximum Gasteiger partial charge on any atom is 1.00 e. The molecule has 0 saturated carbocycles. The first-order valence-corrected chi connectivity index (χ1v) is 3.35. The fourth-order valence-electron chi connectivity index (χ4n) is 0.842. The third-order valence-corrected chi connectivity index (χ3v) is 1.44. The van der Waals surface area contributed by atoms with Gasteiger partial charge < -0.3 is 9.47 Å². The molecule has 62 valence electrons. The molecule has 0 N–H and O–H groups in total. The summed E-state index contributed by atoms with van der Waals surface area (Å²) in [7, 11) is 3.07. The molecule has 0 heterocycles. The quantitative estimate of drug-likeness (QED) is 0.394. The molecule has 0 amide bonds. The van der Waals surface area contributed by atoms with Crippen molar-refractivity contribution in [2.45, 2.75) is 0 Å². The SMILES string of the molecule is COc1c[c-]c(C#N)cc1OC.[Li+]. The van der Waals surface area contributed by atoms with Crippen LogP contribution in [0, 0.1) is 17.4 Å². The Balaban J connectivity index is 0.00000144. The summed E-state index contributed by atoms with van der Waals surface area (Å²) in [5, 5.41) is 8.54. The van der Waals surface area contributed by atoms with E-state index in [1.165, 1.54) is 14.2 Å². The maximum absolute atomic E-state index is 8.54. The molecule has 13 heavy (non-hydrogen) atoms. The van der Waals surface area contributed by atoms with E-state index in [0.717, 1.165) is 0 Å². The summed E-state index contributed by atoms with van der Waals surface area (Å²) in [5.74, 6) is 1.13. The van der Waals surface area contributed by atoms with Crippen LogP contribution in [-0.4, -0.2) is 14.2 Å². The van der Waals surface area contributed by atoms with Gasteiger partial charge in [0, 0.05) is 0 Å². The molecule has 0 atom stereocenters. The van der Waals surface area contributed by atoms with Gasteiger partial charge in [-0.25, -0.2) is 0 Å². The third kappa shape index (κ3) is 2.70. The van der Waals surface area contributed by atoms with Crippen molar-refractivity contribution in [2.75, 3.05) is 14.2 Å². The Bertz CT molecular complexity index is 320. The van der Waals surface area contributed by atoms with E-state index in [4.69, 9.17) is 14.7 Å². The molecular weight excluding hydrogens is 161 g/mol. The van der Waals surface area contributed by atoms with Crippen LogP contribution in [0.3, 0.4) is 0 Å². The maximum atomic E-state index is 8.54. The molecule has 0 aromatic heterocycles. The summed E-state index contributed by atoms with van der Waals surface area (Å²) in [4.78, 5) is 0. The zero-order chi connectivity index (χ0) is 8.97. The Morgan fingerprint density at radius 3 is 2.38 bits per heavy atom. The molecule has 0 spiro atoms. The molecule has 0 saturated heterocycles. The van der Waals surface area contributed by atoms with Crippen LogP contribution in [0.25, 0.3) is 0 Å². The van der Waals surface area contributed by atoms with Crippen molar-refractivity contribution in [3.8, 4) is 17.6 Å². The molecule has 1 rings (SSSR count). The van der Waals surface area contributed by atoms with Gasteiger partial charge in [-0.1, -0.05) is 11.6 Å². The number of nitriles is 1. The topological polar surface area (TPSA) is 42.2 Å². The van der Waals surface area contributed by atoms with Crippen LogP contribution in [0.4, 0.5) is 0 Å². The zero-order valence-electron chi connectivity index (χ0n) is 7.92. The Labute approximate surface area is 89.4 Å². The van der Waals surface area contributed by atoms with Gasteiger partial charge in [0.2, 0.25) is 0 Å². The van der Waals surface area contributed by atoms with Crippen molar-refractivity contribution >= 4 is 0 Å². The first-order valence-electron chi connectivity index (χ1n) is 3.35. The Morgan fingerprint density at radius 1 is 1.31 bits per heavy atom. The zero-order valence-corrected chi connectivity index (χ0v) is 7.92. The number of nitrogens with zero attached hydrogens (tertiary/aromatic N) is 1. The summed E-state index contributed by atoms with van der Waals surface area (Å²) in [5.41, 5.74) is 0.438. The smallest absolute Gasteiger partial charge is 0.536 e. The van der Waals surface area contributed by atoms with Gasteiger partial charge >= 0.3 is 18.9 Å². The van der Waals surface area contributed by atoms with Crippen molar-refractivity contribution < 1.29 is 28.3 Å². The molecule has 0 fully saturated rings. The summed E-state index contributed by atoms with van der Waals surface area (Å²) in [6, 6.07) is 7.87. The summed E-state index contributed by atoms with van der Waals surface area (Å²) in [6.45, 7) is 0. The summed E-state index contributed by atoms with van der Waals surface area (Å²) in [6.07, 6.45) is 0. The molecule has 0 bridgehead atoms. The molecule has 0 aliphatic rings. The van der Waals surface area contributed by atoms with Crippen molar-refractivity contribution in [1.29, 1.82) is 5.26 Å². The first kappa shape index (κ1) is 11.9. The number of rotatable bonds is 2. The third-order valence-electron chi connectivity index (χ3n) is 1.44.